The van der Waals surface area contributed by atoms with Crippen LogP contribution in [0, 0.1) is 6.92 Å². The summed E-state index contributed by atoms with van der Waals surface area (Å²) in [5.74, 6) is 0.157. The maximum atomic E-state index is 12.5. The Morgan fingerprint density at radius 2 is 2.06 bits per heavy atom. The van der Waals surface area contributed by atoms with Crippen molar-refractivity contribution in [2.24, 2.45) is 0 Å². The summed E-state index contributed by atoms with van der Waals surface area (Å²) in [6, 6.07) is 8.10. The van der Waals surface area contributed by atoms with E-state index in [2.05, 4.69) is 18.3 Å². The number of amides is 1. The Labute approximate surface area is 103 Å². The van der Waals surface area contributed by atoms with E-state index in [0.717, 1.165) is 30.6 Å². The number of carbonyl (C=O) groups is 1. The minimum absolute atomic E-state index is 0.157. The van der Waals surface area contributed by atoms with Crippen LogP contribution in [0.15, 0.2) is 24.3 Å². The van der Waals surface area contributed by atoms with E-state index in [1.165, 1.54) is 0 Å². The maximum absolute atomic E-state index is 12.5. The summed E-state index contributed by atoms with van der Waals surface area (Å²) in [4.78, 5) is 14.3. The monoisotopic (exact) mass is 232 g/mol. The third-order valence-corrected chi connectivity index (χ3v) is 3.61. The molecular weight excluding hydrogens is 212 g/mol. The quantitative estimate of drug-likeness (QED) is 0.798. The lowest BCUT2D eigenvalue weighted by atomic mass is 9.87. The van der Waals surface area contributed by atoms with Crippen molar-refractivity contribution in [2.45, 2.75) is 25.8 Å². The molecule has 0 radical (unpaired) electrons. The van der Waals surface area contributed by atoms with Crippen molar-refractivity contribution in [2.75, 3.05) is 20.1 Å². The largest absolute Gasteiger partial charge is 0.344 e. The smallest absolute Gasteiger partial charge is 0.246 e. The van der Waals surface area contributed by atoms with Crippen LogP contribution in [0.3, 0.4) is 0 Å². The molecule has 1 amide bonds. The lowest BCUT2D eigenvalue weighted by Gasteiger charge is -2.32. The molecule has 3 heteroatoms. The van der Waals surface area contributed by atoms with E-state index in [-0.39, 0.29) is 5.91 Å². The molecule has 1 fully saturated rings. The average molecular weight is 232 g/mol. The summed E-state index contributed by atoms with van der Waals surface area (Å²) >= 11 is 0. The second-order valence-corrected chi connectivity index (χ2v) is 4.95. The maximum Gasteiger partial charge on any atom is 0.246 e. The zero-order valence-corrected chi connectivity index (χ0v) is 10.8. The Morgan fingerprint density at radius 3 is 2.76 bits per heavy atom. The number of likely N-dealkylation sites (N-methyl/N-ethyl adjacent to an activating group) is 1. The van der Waals surface area contributed by atoms with E-state index >= 15 is 0 Å². The summed E-state index contributed by atoms with van der Waals surface area (Å²) in [5.41, 5.74) is 1.65. The summed E-state index contributed by atoms with van der Waals surface area (Å²) in [7, 11) is 1.88. The van der Waals surface area contributed by atoms with Crippen molar-refractivity contribution in [3.05, 3.63) is 35.4 Å². The van der Waals surface area contributed by atoms with Crippen LogP contribution in [0.5, 0.6) is 0 Å². The first kappa shape index (κ1) is 12.1. The molecule has 1 aromatic rings. The van der Waals surface area contributed by atoms with Gasteiger partial charge < -0.3 is 4.90 Å². The van der Waals surface area contributed by atoms with Gasteiger partial charge >= 0.3 is 0 Å². The van der Waals surface area contributed by atoms with Crippen LogP contribution in [0.4, 0.5) is 0 Å². The lowest BCUT2D eigenvalue weighted by Crippen LogP contribution is -2.50. The van der Waals surface area contributed by atoms with Gasteiger partial charge in [-0.1, -0.05) is 24.3 Å². The Balaban J connectivity index is 2.46. The molecule has 1 unspecified atom stereocenters. The number of benzene rings is 1. The first-order chi connectivity index (χ1) is 8.05. The molecule has 1 saturated heterocycles. The highest BCUT2D eigenvalue weighted by Crippen LogP contribution is 2.27. The van der Waals surface area contributed by atoms with Gasteiger partial charge in [-0.25, -0.2) is 0 Å². The van der Waals surface area contributed by atoms with Gasteiger partial charge in [0.25, 0.3) is 0 Å². The van der Waals surface area contributed by atoms with Gasteiger partial charge in [-0.3, -0.25) is 10.1 Å². The fourth-order valence-electron chi connectivity index (χ4n) is 2.56. The Hall–Kier alpha value is -1.35. The minimum Gasteiger partial charge on any atom is -0.344 e. The fourth-order valence-corrected chi connectivity index (χ4v) is 2.56. The average Bonchev–Trinajstić information content (AvgIpc) is 2.44. The van der Waals surface area contributed by atoms with Gasteiger partial charge in [-0.2, -0.15) is 0 Å². The molecule has 0 bridgehead atoms. The van der Waals surface area contributed by atoms with Crippen LogP contribution in [0.1, 0.15) is 24.5 Å². The Morgan fingerprint density at radius 1 is 1.35 bits per heavy atom. The molecule has 2 rings (SSSR count). The van der Waals surface area contributed by atoms with Crippen molar-refractivity contribution in [3.8, 4) is 0 Å². The molecule has 0 aromatic heterocycles. The molecule has 1 aromatic carbocycles. The highest BCUT2D eigenvalue weighted by atomic mass is 16.2. The third kappa shape index (κ3) is 2.07. The summed E-state index contributed by atoms with van der Waals surface area (Å²) in [6.07, 6.45) is 1.00. The van der Waals surface area contributed by atoms with Gasteiger partial charge in [0, 0.05) is 13.6 Å². The molecule has 92 valence electrons. The molecule has 0 spiro atoms. The van der Waals surface area contributed by atoms with E-state index in [1.807, 2.05) is 37.1 Å². The van der Waals surface area contributed by atoms with Crippen molar-refractivity contribution >= 4 is 5.91 Å². The number of rotatable bonds is 1. The van der Waals surface area contributed by atoms with Crippen LogP contribution in [0.2, 0.25) is 0 Å². The second kappa shape index (κ2) is 4.49. The summed E-state index contributed by atoms with van der Waals surface area (Å²) in [5, 5.41) is 3.40. The van der Waals surface area contributed by atoms with Gasteiger partial charge in [-0.05, 0) is 37.9 Å². The number of nitrogens with one attached hydrogen (secondary N) is 1. The van der Waals surface area contributed by atoms with Crippen LogP contribution in [-0.2, 0) is 10.3 Å². The highest BCUT2D eigenvalue weighted by Gasteiger charge is 2.39. The fraction of sp³-hybridized carbons (Fsp3) is 0.500. The lowest BCUT2D eigenvalue weighted by molar-refractivity contribution is -0.135. The molecule has 0 aliphatic carbocycles. The zero-order chi connectivity index (χ0) is 12.5. The van der Waals surface area contributed by atoms with Crippen LogP contribution in [-0.4, -0.2) is 30.9 Å². The normalized spacial score (nSPS) is 25.8. The van der Waals surface area contributed by atoms with Crippen LogP contribution < -0.4 is 5.32 Å². The zero-order valence-electron chi connectivity index (χ0n) is 10.8. The SMILES string of the molecule is Cc1ccccc1C1(C)NCCCN(C)C1=O. The Bertz CT molecular complexity index is 430. The molecule has 0 saturated carbocycles. The van der Waals surface area contributed by atoms with Crippen LogP contribution >= 0.6 is 0 Å². The van der Waals surface area contributed by atoms with Crippen molar-refractivity contribution in [1.82, 2.24) is 10.2 Å². The number of hydrogen-bond acceptors (Lipinski definition) is 2. The highest BCUT2D eigenvalue weighted by molar-refractivity contribution is 5.87. The molecule has 1 aliphatic rings. The van der Waals surface area contributed by atoms with E-state index in [9.17, 15) is 4.79 Å². The van der Waals surface area contributed by atoms with E-state index in [0.29, 0.717) is 0 Å². The summed E-state index contributed by atoms with van der Waals surface area (Å²) < 4.78 is 0. The number of carbonyl (C=O) groups excluding carboxylic acids is 1. The summed E-state index contributed by atoms with van der Waals surface area (Å²) in [6.45, 7) is 5.74. The van der Waals surface area contributed by atoms with Gasteiger partial charge in [0.1, 0.15) is 5.54 Å². The van der Waals surface area contributed by atoms with Gasteiger partial charge in [0.15, 0.2) is 0 Å². The predicted molar refractivity (Wildman–Crippen MR) is 68.8 cm³/mol. The Kier molecular flexibility index (Phi) is 3.20. The number of aryl methyl sites for hydroxylation is 1. The van der Waals surface area contributed by atoms with Gasteiger partial charge in [0.05, 0.1) is 0 Å². The molecule has 1 aliphatic heterocycles. The molecule has 1 atom stereocenters. The van der Waals surface area contributed by atoms with E-state index < -0.39 is 5.54 Å². The topological polar surface area (TPSA) is 32.3 Å². The number of nitrogens with zero attached hydrogens (tertiary/aromatic N) is 1. The first-order valence-corrected chi connectivity index (χ1v) is 6.12. The van der Waals surface area contributed by atoms with Crippen LogP contribution in [0.25, 0.3) is 0 Å². The van der Waals surface area contributed by atoms with Crippen molar-refractivity contribution in [3.63, 3.8) is 0 Å². The van der Waals surface area contributed by atoms with Crippen molar-refractivity contribution in [1.29, 1.82) is 0 Å². The molecule has 1 N–H and O–H groups in total. The molecule has 17 heavy (non-hydrogen) atoms. The standard InChI is InChI=1S/C14H20N2O/c1-11-7-4-5-8-12(11)14(2)13(17)16(3)10-6-9-15-14/h4-5,7-8,15H,6,9-10H2,1-3H3. The van der Waals surface area contributed by atoms with Gasteiger partial charge in [0.2, 0.25) is 5.91 Å². The first-order valence-electron chi connectivity index (χ1n) is 6.12. The molecule has 1 heterocycles. The van der Waals surface area contributed by atoms with Crippen molar-refractivity contribution < 1.29 is 4.79 Å². The van der Waals surface area contributed by atoms with Gasteiger partial charge in [-0.15, -0.1) is 0 Å². The second-order valence-electron chi connectivity index (χ2n) is 4.95. The van der Waals surface area contributed by atoms with E-state index in [4.69, 9.17) is 0 Å². The third-order valence-electron chi connectivity index (χ3n) is 3.61. The van der Waals surface area contributed by atoms with E-state index in [1.54, 1.807) is 0 Å². The predicted octanol–water partition coefficient (Wildman–Crippen LogP) is 1.66. The molecular formula is C14H20N2O. The minimum atomic E-state index is -0.587. The number of hydrogen-bond donors (Lipinski definition) is 1. The molecule has 3 nitrogen and oxygen atoms in total.